The molecule has 0 saturated heterocycles. The minimum atomic E-state index is -0.562. The van der Waals surface area contributed by atoms with E-state index in [4.69, 9.17) is 13.9 Å². The second kappa shape index (κ2) is 14.8. The van der Waals surface area contributed by atoms with E-state index in [0.717, 1.165) is 56.5 Å². The van der Waals surface area contributed by atoms with Gasteiger partial charge in [0.2, 0.25) is 5.91 Å². The Kier molecular flexibility index (Phi) is 10.4. The van der Waals surface area contributed by atoms with Crippen molar-refractivity contribution in [2.45, 2.75) is 71.8 Å². The molecular formula is C39H42N2O5. The fourth-order valence-corrected chi connectivity index (χ4v) is 5.41. The van der Waals surface area contributed by atoms with Gasteiger partial charge < -0.3 is 24.5 Å². The van der Waals surface area contributed by atoms with Crippen molar-refractivity contribution in [2.24, 2.45) is 0 Å². The van der Waals surface area contributed by atoms with Crippen molar-refractivity contribution in [3.63, 3.8) is 0 Å². The van der Waals surface area contributed by atoms with Gasteiger partial charge in [0.1, 0.15) is 23.5 Å². The summed E-state index contributed by atoms with van der Waals surface area (Å²) in [5.41, 5.74) is 6.14. The first-order valence-electron chi connectivity index (χ1n) is 15.8. The number of amides is 2. The molecule has 0 bridgehead atoms. The average Bonchev–Trinajstić information content (AvgIpc) is 3.53. The highest BCUT2D eigenvalue weighted by Crippen LogP contribution is 2.33. The Morgan fingerprint density at radius 1 is 0.848 bits per heavy atom. The second-order valence-corrected chi connectivity index (χ2v) is 12.4. The molecule has 2 N–H and O–H groups in total. The van der Waals surface area contributed by atoms with Crippen LogP contribution in [0.5, 0.6) is 5.75 Å². The number of para-hydroxylation sites is 1. The molecule has 4 aromatic carbocycles. The van der Waals surface area contributed by atoms with Crippen LogP contribution in [-0.4, -0.2) is 17.6 Å². The van der Waals surface area contributed by atoms with Gasteiger partial charge in [-0.2, -0.15) is 0 Å². The Labute approximate surface area is 270 Å². The van der Waals surface area contributed by atoms with Gasteiger partial charge in [0.25, 0.3) is 0 Å². The van der Waals surface area contributed by atoms with Gasteiger partial charge in [0.05, 0.1) is 12.3 Å². The zero-order chi connectivity index (χ0) is 32.5. The molecule has 5 rings (SSSR count). The van der Waals surface area contributed by atoms with Gasteiger partial charge in [0.15, 0.2) is 0 Å². The molecule has 5 aromatic rings. The lowest BCUT2D eigenvalue weighted by Gasteiger charge is -2.21. The maximum Gasteiger partial charge on any atom is 0.407 e. The molecule has 238 valence electrons. The molecule has 0 saturated carbocycles. The normalized spacial score (nSPS) is 12.0. The van der Waals surface area contributed by atoms with E-state index in [2.05, 4.69) is 29.7 Å². The van der Waals surface area contributed by atoms with Crippen LogP contribution in [0.3, 0.4) is 0 Å². The number of ether oxygens (including phenoxy) is 2. The molecule has 0 aliphatic rings. The quantitative estimate of drug-likeness (QED) is 0.146. The molecule has 0 aliphatic heterocycles. The molecule has 2 amide bonds. The van der Waals surface area contributed by atoms with Gasteiger partial charge in [-0.1, -0.05) is 73.7 Å². The first-order valence-corrected chi connectivity index (χ1v) is 15.8. The van der Waals surface area contributed by atoms with Crippen molar-refractivity contribution >= 4 is 23.0 Å². The van der Waals surface area contributed by atoms with E-state index in [1.54, 1.807) is 6.26 Å². The number of carbonyl (C=O) groups is 2. The molecule has 1 aromatic heterocycles. The summed E-state index contributed by atoms with van der Waals surface area (Å²) in [6.07, 6.45) is 3.09. The second-order valence-electron chi connectivity index (χ2n) is 12.4. The van der Waals surface area contributed by atoms with Gasteiger partial charge in [-0.25, -0.2) is 4.79 Å². The lowest BCUT2D eigenvalue weighted by atomic mass is 9.99. The van der Waals surface area contributed by atoms with E-state index in [1.165, 1.54) is 0 Å². The SMILES string of the molecule is CCC(NC(=O)CCc1ccccc1)c1ccccc1OCc1cc(-c2cccc(CNC(=O)OC(C)(C)C)c2)c2occc2c1. The van der Waals surface area contributed by atoms with Gasteiger partial charge >= 0.3 is 6.09 Å². The van der Waals surface area contributed by atoms with Crippen LogP contribution in [0.15, 0.2) is 108 Å². The highest BCUT2D eigenvalue weighted by Gasteiger charge is 2.19. The van der Waals surface area contributed by atoms with Crippen LogP contribution in [-0.2, 0) is 29.1 Å². The number of fused-ring (bicyclic) bond motifs is 1. The zero-order valence-electron chi connectivity index (χ0n) is 27.0. The van der Waals surface area contributed by atoms with Crippen molar-refractivity contribution < 1.29 is 23.5 Å². The van der Waals surface area contributed by atoms with Crippen LogP contribution in [0, 0.1) is 0 Å². The van der Waals surface area contributed by atoms with Gasteiger partial charge in [-0.15, -0.1) is 0 Å². The van der Waals surface area contributed by atoms with Crippen molar-refractivity contribution in [3.05, 3.63) is 126 Å². The zero-order valence-corrected chi connectivity index (χ0v) is 27.0. The summed E-state index contributed by atoms with van der Waals surface area (Å²) in [6, 6.07) is 31.9. The summed E-state index contributed by atoms with van der Waals surface area (Å²) < 4.78 is 17.7. The molecule has 1 heterocycles. The van der Waals surface area contributed by atoms with E-state index in [0.29, 0.717) is 26.0 Å². The summed E-state index contributed by atoms with van der Waals surface area (Å²) in [7, 11) is 0. The van der Waals surface area contributed by atoms with E-state index in [9.17, 15) is 9.59 Å². The van der Waals surface area contributed by atoms with Crippen LogP contribution in [0.4, 0.5) is 4.79 Å². The number of hydrogen-bond donors (Lipinski definition) is 2. The van der Waals surface area contributed by atoms with Crippen LogP contribution in [0.25, 0.3) is 22.1 Å². The number of aryl methyl sites for hydroxylation is 1. The lowest BCUT2D eigenvalue weighted by molar-refractivity contribution is -0.121. The summed E-state index contributed by atoms with van der Waals surface area (Å²) in [5, 5.41) is 7.01. The predicted octanol–water partition coefficient (Wildman–Crippen LogP) is 8.90. The first-order chi connectivity index (χ1) is 22.2. The molecule has 0 fully saturated rings. The number of hydrogen-bond acceptors (Lipinski definition) is 5. The Bertz CT molecular complexity index is 1770. The van der Waals surface area contributed by atoms with Crippen molar-refractivity contribution in [1.29, 1.82) is 0 Å². The first kappa shape index (κ1) is 32.4. The van der Waals surface area contributed by atoms with Crippen LogP contribution in [0.2, 0.25) is 0 Å². The van der Waals surface area contributed by atoms with Gasteiger partial charge in [-0.05, 0) is 86.2 Å². The number of alkyl carbamates (subject to hydrolysis) is 1. The third-order valence-electron chi connectivity index (χ3n) is 7.60. The lowest BCUT2D eigenvalue weighted by Crippen LogP contribution is -2.32. The Balaban J connectivity index is 1.29. The molecule has 1 unspecified atom stereocenters. The number of nitrogens with one attached hydrogen (secondary N) is 2. The molecule has 0 aliphatic carbocycles. The highest BCUT2D eigenvalue weighted by molar-refractivity contribution is 5.93. The molecule has 7 heteroatoms. The minimum absolute atomic E-state index is 0.0177. The number of carbonyl (C=O) groups excluding carboxylic acids is 2. The number of furan rings is 1. The van der Waals surface area contributed by atoms with Crippen molar-refractivity contribution in [2.75, 3.05) is 0 Å². The fourth-order valence-electron chi connectivity index (χ4n) is 5.41. The van der Waals surface area contributed by atoms with Crippen LogP contribution >= 0.6 is 0 Å². The fraction of sp³-hybridized carbons (Fsp3) is 0.282. The molecule has 1 atom stereocenters. The maximum atomic E-state index is 12.9. The standard InChI is InChI=1S/C39H42N2O5/c1-5-34(41-36(42)19-18-27-12-7-6-8-13-27)32-16-9-10-17-35(32)45-26-29-23-31-20-21-44-37(31)33(24-29)30-15-11-14-28(22-30)25-40-38(43)46-39(2,3)4/h6-17,20-24,34H,5,18-19,25-26H2,1-4H3,(H,40,43)(H,41,42). The highest BCUT2D eigenvalue weighted by atomic mass is 16.6. The largest absolute Gasteiger partial charge is 0.489 e. The van der Waals surface area contributed by atoms with E-state index in [1.807, 2.05) is 106 Å². The average molecular weight is 619 g/mol. The summed E-state index contributed by atoms with van der Waals surface area (Å²) in [6.45, 7) is 8.26. The number of rotatable bonds is 12. The third-order valence-corrected chi connectivity index (χ3v) is 7.60. The smallest absolute Gasteiger partial charge is 0.407 e. The van der Waals surface area contributed by atoms with E-state index in [-0.39, 0.29) is 11.9 Å². The Morgan fingerprint density at radius 2 is 1.61 bits per heavy atom. The number of benzene rings is 4. The predicted molar refractivity (Wildman–Crippen MR) is 181 cm³/mol. The molecule has 0 spiro atoms. The van der Waals surface area contributed by atoms with Crippen LogP contribution < -0.4 is 15.4 Å². The van der Waals surface area contributed by atoms with Gasteiger partial charge in [0, 0.05) is 29.5 Å². The Hall–Kier alpha value is -5.04. The monoisotopic (exact) mass is 618 g/mol. The van der Waals surface area contributed by atoms with E-state index >= 15 is 0 Å². The van der Waals surface area contributed by atoms with Crippen molar-refractivity contribution in [3.8, 4) is 16.9 Å². The molecular weight excluding hydrogens is 576 g/mol. The summed E-state index contributed by atoms with van der Waals surface area (Å²) in [5.74, 6) is 0.755. The molecule has 7 nitrogen and oxygen atoms in total. The minimum Gasteiger partial charge on any atom is -0.489 e. The van der Waals surface area contributed by atoms with E-state index < -0.39 is 11.7 Å². The summed E-state index contributed by atoms with van der Waals surface area (Å²) in [4.78, 5) is 25.1. The van der Waals surface area contributed by atoms with Crippen molar-refractivity contribution in [1.82, 2.24) is 10.6 Å². The topological polar surface area (TPSA) is 89.8 Å². The Morgan fingerprint density at radius 3 is 2.39 bits per heavy atom. The van der Waals surface area contributed by atoms with Crippen LogP contribution in [0.1, 0.15) is 68.8 Å². The summed E-state index contributed by atoms with van der Waals surface area (Å²) >= 11 is 0. The van der Waals surface area contributed by atoms with Gasteiger partial charge in [-0.3, -0.25) is 4.79 Å². The maximum absolute atomic E-state index is 12.9. The molecule has 46 heavy (non-hydrogen) atoms. The third kappa shape index (κ3) is 8.78. The molecule has 0 radical (unpaired) electrons.